The first-order chi connectivity index (χ1) is 13.0. The van der Waals surface area contributed by atoms with Crippen molar-refractivity contribution in [2.24, 2.45) is 5.41 Å². The first-order valence-corrected chi connectivity index (χ1v) is 9.62. The van der Waals surface area contributed by atoms with E-state index in [-0.39, 0.29) is 17.1 Å². The molecule has 1 amide bonds. The molecule has 0 unspecified atom stereocenters. The summed E-state index contributed by atoms with van der Waals surface area (Å²) in [5.41, 5.74) is 4.93. The smallest absolute Gasteiger partial charge is 0.229 e. The Kier molecular flexibility index (Phi) is 4.60. The number of benzene rings is 2. The fourth-order valence-electron chi connectivity index (χ4n) is 4.56. The highest BCUT2D eigenvalue weighted by Gasteiger charge is 2.48. The largest absolute Gasteiger partial charge is 0.388 e. The molecule has 2 aromatic carbocycles. The molecule has 4 heteroatoms. The van der Waals surface area contributed by atoms with E-state index in [1.54, 1.807) is 6.07 Å². The molecule has 1 spiro atoms. The van der Waals surface area contributed by atoms with Crippen LogP contribution in [-0.2, 0) is 24.2 Å². The van der Waals surface area contributed by atoms with Crippen molar-refractivity contribution < 1.29 is 14.7 Å². The van der Waals surface area contributed by atoms with Gasteiger partial charge in [0.15, 0.2) is 5.78 Å². The SMILES string of the molecule is Cc1ccccc1CN1CC[C@@]2(CCc3ccc(C(=O)CO)cc3C2)C1=O. The Morgan fingerprint density at radius 3 is 2.74 bits per heavy atom. The number of aliphatic hydroxyl groups is 1. The van der Waals surface area contributed by atoms with Crippen molar-refractivity contribution in [3.05, 3.63) is 70.3 Å². The molecule has 2 aromatic rings. The van der Waals surface area contributed by atoms with Crippen LogP contribution in [-0.4, -0.2) is 34.8 Å². The number of aryl methyl sites for hydroxylation is 2. The molecule has 4 nitrogen and oxygen atoms in total. The van der Waals surface area contributed by atoms with Crippen LogP contribution in [0.5, 0.6) is 0 Å². The number of Topliss-reactive ketones (excluding diaryl/α,β-unsaturated/α-hetero) is 1. The third kappa shape index (κ3) is 3.19. The highest BCUT2D eigenvalue weighted by atomic mass is 16.3. The molecule has 1 saturated heterocycles. The number of nitrogens with zero attached hydrogens (tertiary/aromatic N) is 1. The van der Waals surface area contributed by atoms with Crippen LogP contribution in [0.2, 0.25) is 0 Å². The van der Waals surface area contributed by atoms with Gasteiger partial charge < -0.3 is 10.0 Å². The van der Waals surface area contributed by atoms with Gasteiger partial charge in [-0.1, -0.05) is 36.4 Å². The zero-order valence-corrected chi connectivity index (χ0v) is 15.7. The zero-order chi connectivity index (χ0) is 19.0. The third-order valence-electron chi connectivity index (χ3n) is 6.30. The summed E-state index contributed by atoms with van der Waals surface area (Å²) in [4.78, 5) is 27.1. The van der Waals surface area contributed by atoms with Gasteiger partial charge in [-0.25, -0.2) is 0 Å². The number of rotatable bonds is 4. The summed E-state index contributed by atoms with van der Waals surface area (Å²) in [5.74, 6) is -0.0216. The third-order valence-corrected chi connectivity index (χ3v) is 6.30. The highest BCUT2D eigenvalue weighted by Crippen LogP contribution is 2.44. The molecule has 0 aromatic heterocycles. The van der Waals surface area contributed by atoms with E-state index in [4.69, 9.17) is 5.11 Å². The van der Waals surface area contributed by atoms with Crippen molar-refractivity contribution in [3.63, 3.8) is 0 Å². The second kappa shape index (κ2) is 6.93. The van der Waals surface area contributed by atoms with Crippen LogP contribution in [0, 0.1) is 12.3 Å². The number of carbonyl (C=O) groups excluding carboxylic acids is 2. The van der Waals surface area contributed by atoms with E-state index in [0.29, 0.717) is 18.5 Å². The molecular formula is C23H25NO3. The molecule has 4 rings (SSSR count). The minimum absolute atomic E-state index is 0.246. The van der Waals surface area contributed by atoms with E-state index in [1.807, 2.05) is 29.2 Å². The molecule has 1 aliphatic carbocycles. The van der Waals surface area contributed by atoms with Crippen LogP contribution in [0.25, 0.3) is 0 Å². The van der Waals surface area contributed by atoms with Gasteiger partial charge in [0.05, 0.1) is 5.41 Å². The number of carbonyl (C=O) groups is 2. The van der Waals surface area contributed by atoms with Crippen LogP contribution < -0.4 is 0 Å². The Labute approximate surface area is 159 Å². The minimum Gasteiger partial charge on any atom is -0.388 e. The molecule has 1 aliphatic heterocycles. The molecule has 1 atom stereocenters. The normalized spacial score (nSPS) is 21.6. The summed E-state index contributed by atoms with van der Waals surface area (Å²) in [7, 11) is 0. The van der Waals surface area contributed by atoms with Crippen LogP contribution >= 0.6 is 0 Å². The number of aliphatic hydroxyl groups excluding tert-OH is 1. The van der Waals surface area contributed by atoms with Gasteiger partial charge in [-0.2, -0.15) is 0 Å². The van der Waals surface area contributed by atoms with Crippen molar-refractivity contribution >= 4 is 11.7 Å². The van der Waals surface area contributed by atoms with Crippen LogP contribution in [0.3, 0.4) is 0 Å². The van der Waals surface area contributed by atoms with Gasteiger partial charge in [0.25, 0.3) is 0 Å². The van der Waals surface area contributed by atoms with E-state index in [9.17, 15) is 9.59 Å². The molecule has 2 aliphatic rings. The van der Waals surface area contributed by atoms with Gasteiger partial charge in [-0.15, -0.1) is 0 Å². The summed E-state index contributed by atoms with van der Waals surface area (Å²) in [5, 5.41) is 9.13. The maximum absolute atomic E-state index is 13.3. The maximum atomic E-state index is 13.3. The summed E-state index contributed by atoms with van der Waals surface area (Å²) >= 11 is 0. The molecule has 0 saturated carbocycles. The van der Waals surface area contributed by atoms with Crippen molar-refractivity contribution in [3.8, 4) is 0 Å². The summed E-state index contributed by atoms with van der Waals surface area (Å²) in [6, 6.07) is 13.9. The lowest BCUT2D eigenvalue weighted by Crippen LogP contribution is -2.38. The first-order valence-electron chi connectivity index (χ1n) is 9.62. The lowest BCUT2D eigenvalue weighted by molar-refractivity contribution is -0.137. The lowest BCUT2D eigenvalue weighted by atomic mass is 9.70. The monoisotopic (exact) mass is 363 g/mol. The summed E-state index contributed by atoms with van der Waals surface area (Å²) in [6.07, 6.45) is 3.30. The molecular weight excluding hydrogens is 338 g/mol. The van der Waals surface area contributed by atoms with Crippen LogP contribution in [0.15, 0.2) is 42.5 Å². The van der Waals surface area contributed by atoms with Gasteiger partial charge in [0.2, 0.25) is 5.91 Å². The zero-order valence-electron chi connectivity index (χ0n) is 15.7. The predicted octanol–water partition coefficient (Wildman–Crippen LogP) is 3.08. The standard InChI is InChI=1S/C23H25NO3/c1-16-4-2-3-5-19(16)14-24-11-10-23(22(24)27)9-8-17-6-7-18(21(26)15-25)12-20(17)13-23/h2-7,12,25H,8-11,13-15H2,1H3/t23-/m1/s1. The summed E-state index contributed by atoms with van der Waals surface area (Å²) in [6.45, 7) is 3.07. The predicted molar refractivity (Wildman–Crippen MR) is 104 cm³/mol. The lowest BCUT2D eigenvalue weighted by Gasteiger charge is -2.33. The maximum Gasteiger partial charge on any atom is 0.229 e. The Bertz CT molecular complexity index is 904. The van der Waals surface area contributed by atoms with E-state index >= 15 is 0 Å². The van der Waals surface area contributed by atoms with Gasteiger partial charge in [0.1, 0.15) is 6.61 Å². The molecule has 0 radical (unpaired) electrons. The number of hydrogen-bond acceptors (Lipinski definition) is 3. The van der Waals surface area contributed by atoms with Gasteiger partial charge in [-0.3, -0.25) is 9.59 Å². The number of amides is 1. The second-order valence-electron chi connectivity index (χ2n) is 7.93. The minimum atomic E-state index is -0.479. The summed E-state index contributed by atoms with van der Waals surface area (Å²) < 4.78 is 0. The van der Waals surface area contributed by atoms with Crippen LogP contribution in [0.1, 0.15) is 45.5 Å². The molecule has 0 bridgehead atoms. The van der Waals surface area contributed by atoms with Crippen molar-refractivity contribution in [2.45, 2.75) is 39.2 Å². The van der Waals surface area contributed by atoms with E-state index < -0.39 is 6.61 Å². The Hall–Kier alpha value is -2.46. The van der Waals surface area contributed by atoms with Crippen molar-refractivity contribution in [1.82, 2.24) is 4.90 Å². The van der Waals surface area contributed by atoms with E-state index in [1.165, 1.54) is 16.7 Å². The second-order valence-corrected chi connectivity index (χ2v) is 7.93. The topological polar surface area (TPSA) is 57.6 Å². The first kappa shape index (κ1) is 17.9. The Morgan fingerprint density at radius 1 is 1.15 bits per heavy atom. The molecule has 27 heavy (non-hydrogen) atoms. The van der Waals surface area contributed by atoms with E-state index in [2.05, 4.69) is 19.1 Å². The number of hydrogen-bond donors (Lipinski definition) is 1. The molecule has 1 N–H and O–H groups in total. The fraction of sp³-hybridized carbons (Fsp3) is 0.391. The average molecular weight is 363 g/mol. The highest BCUT2D eigenvalue weighted by molar-refractivity contribution is 5.97. The average Bonchev–Trinajstić information content (AvgIpc) is 2.98. The van der Waals surface area contributed by atoms with Gasteiger partial charge in [0, 0.05) is 18.7 Å². The molecule has 1 fully saturated rings. The number of likely N-dealkylation sites (tertiary alicyclic amines) is 1. The van der Waals surface area contributed by atoms with E-state index in [0.717, 1.165) is 31.4 Å². The fourth-order valence-corrected chi connectivity index (χ4v) is 4.56. The number of ketones is 1. The van der Waals surface area contributed by atoms with Crippen molar-refractivity contribution in [2.75, 3.05) is 13.2 Å². The Balaban J connectivity index is 1.56. The molecule has 1 heterocycles. The number of fused-ring (bicyclic) bond motifs is 1. The van der Waals surface area contributed by atoms with Crippen molar-refractivity contribution in [1.29, 1.82) is 0 Å². The Morgan fingerprint density at radius 2 is 1.96 bits per heavy atom. The van der Waals surface area contributed by atoms with Gasteiger partial charge >= 0.3 is 0 Å². The molecule has 140 valence electrons. The van der Waals surface area contributed by atoms with Gasteiger partial charge in [-0.05, 0) is 60.9 Å². The quantitative estimate of drug-likeness (QED) is 0.850. The van der Waals surface area contributed by atoms with Crippen LogP contribution in [0.4, 0.5) is 0 Å².